The Hall–Kier alpha value is -2.44. The molecule has 0 saturated heterocycles. The fraction of sp³-hybridized carbons (Fsp3) is 0.125. The minimum atomic E-state index is -0.543. The molecule has 24 heavy (non-hydrogen) atoms. The van der Waals surface area contributed by atoms with Crippen molar-refractivity contribution in [3.8, 4) is 0 Å². The predicted octanol–water partition coefficient (Wildman–Crippen LogP) is 2.55. The highest BCUT2D eigenvalue weighted by Gasteiger charge is 2.08. The third kappa shape index (κ3) is 5.64. The number of pyridine rings is 1. The van der Waals surface area contributed by atoms with Crippen molar-refractivity contribution in [3.63, 3.8) is 0 Å². The van der Waals surface area contributed by atoms with E-state index in [1.54, 1.807) is 36.7 Å². The molecule has 0 aliphatic rings. The van der Waals surface area contributed by atoms with Crippen molar-refractivity contribution < 1.29 is 9.59 Å². The van der Waals surface area contributed by atoms with E-state index in [9.17, 15) is 9.59 Å². The minimum Gasteiger partial charge on any atom is -0.352 e. The van der Waals surface area contributed by atoms with Gasteiger partial charge in [0.15, 0.2) is 0 Å². The summed E-state index contributed by atoms with van der Waals surface area (Å²) in [6.07, 6.45) is 4.27. The van der Waals surface area contributed by atoms with Gasteiger partial charge in [-0.25, -0.2) is 5.43 Å². The van der Waals surface area contributed by atoms with Gasteiger partial charge in [-0.2, -0.15) is 5.10 Å². The van der Waals surface area contributed by atoms with E-state index in [1.807, 2.05) is 6.07 Å². The number of carbonyl (C=O) groups is 2. The largest absolute Gasteiger partial charge is 0.352 e. The highest BCUT2D eigenvalue weighted by molar-refractivity contribution is 6.38. The lowest BCUT2D eigenvalue weighted by Gasteiger charge is -2.04. The molecule has 0 saturated carbocycles. The van der Waals surface area contributed by atoms with Crippen LogP contribution in [0.5, 0.6) is 0 Å². The van der Waals surface area contributed by atoms with Crippen molar-refractivity contribution in [1.82, 2.24) is 15.7 Å². The third-order valence-corrected chi connectivity index (χ3v) is 3.58. The number of nitrogens with zero attached hydrogens (tertiary/aromatic N) is 2. The van der Waals surface area contributed by atoms with E-state index < -0.39 is 11.8 Å². The monoisotopic (exact) mass is 364 g/mol. The first-order valence-electron chi connectivity index (χ1n) is 6.98. The second kappa shape index (κ2) is 9.00. The summed E-state index contributed by atoms with van der Waals surface area (Å²) in [4.78, 5) is 27.3. The van der Waals surface area contributed by atoms with Crippen LogP contribution in [0.25, 0.3) is 0 Å². The smallest absolute Gasteiger partial charge is 0.249 e. The molecule has 0 unspecified atom stereocenters. The Morgan fingerprint density at radius 3 is 2.54 bits per heavy atom. The van der Waals surface area contributed by atoms with Gasteiger partial charge in [-0.1, -0.05) is 35.3 Å². The zero-order valence-electron chi connectivity index (χ0n) is 12.5. The van der Waals surface area contributed by atoms with Crippen LogP contribution in [-0.2, 0) is 16.1 Å². The number of nitrogens with one attached hydrogen (secondary N) is 2. The molecule has 6 nitrogen and oxygen atoms in total. The van der Waals surface area contributed by atoms with Crippen LogP contribution >= 0.6 is 23.2 Å². The highest BCUT2D eigenvalue weighted by Crippen LogP contribution is 2.21. The zero-order valence-corrected chi connectivity index (χ0v) is 14.0. The SMILES string of the molecule is O=C(CC(=O)N/N=C\c1c(Cl)cccc1Cl)NCc1cccnc1. The van der Waals surface area contributed by atoms with Gasteiger partial charge >= 0.3 is 0 Å². The summed E-state index contributed by atoms with van der Waals surface area (Å²) in [6.45, 7) is 0.304. The third-order valence-electron chi connectivity index (χ3n) is 2.92. The Bertz CT molecular complexity index is 731. The molecule has 1 aromatic heterocycles. The number of benzene rings is 1. The number of amides is 2. The van der Waals surface area contributed by atoms with E-state index in [2.05, 4.69) is 20.8 Å². The summed E-state index contributed by atoms with van der Waals surface area (Å²) in [7, 11) is 0. The normalized spacial score (nSPS) is 10.6. The van der Waals surface area contributed by atoms with Crippen LogP contribution in [0.15, 0.2) is 47.8 Å². The molecule has 1 heterocycles. The van der Waals surface area contributed by atoms with Crippen molar-refractivity contribution in [2.45, 2.75) is 13.0 Å². The molecule has 0 atom stereocenters. The maximum Gasteiger partial charge on any atom is 0.249 e. The van der Waals surface area contributed by atoms with E-state index in [0.29, 0.717) is 22.2 Å². The van der Waals surface area contributed by atoms with Crippen LogP contribution in [0.3, 0.4) is 0 Å². The first kappa shape index (κ1) is 17.9. The molecule has 2 rings (SSSR count). The van der Waals surface area contributed by atoms with Crippen LogP contribution < -0.4 is 10.7 Å². The van der Waals surface area contributed by atoms with Crippen LogP contribution in [-0.4, -0.2) is 23.0 Å². The molecule has 8 heteroatoms. The Morgan fingerprint density at radius 1 is 1.12 bits per heavy atom. The number of hydrogen-bond donors (Lipinski definition) is 2. The lowest BCUT2D eigenvalue weighted by Crippen LogP contribution is -2.29. The summed E-state index contributed by atoms with van der Waals surface area (Å²) in [5, 5.41) is 7.20. The van der Waals surface area contributed by atoms with E-state index in [1.165, 1.54) is 6.21 Å². The van der Waals surface area contributed by atoms with Crippen molar-refractivity contribution >= 4 is 41.2 Å². The fourth-order valence-electron chi connectivity index (χ4n) is 1.75. The summed E-state index contributed by atoms with van der Waals surface area (Å²) < 4.78 is 0. The molecule has 0 spiro atoms. The maximum atomic E-state index is 11.7. The second-order valence-electron chi connectivity index (χ2n) is 4.74. The van der Waals surface area contributed by atoms with E-state index in [0.717, 1.165) is 5.56 Å². The number of rotatable bonds is 6. The summed E-state index contributed by atoms with van der Waals surface area (Å²) in [5.41, 5.74) is 3.59. The number of halogens is 2. The summed E-state index contributed by atoms with van der Waals surface area (Å²) in [6, 6.07) is 8.60. The summed E-state index contributed by atoms with van der Waals surface area (Å²) in [5.74, 6) is -0.958. The molecular formula is C16H14Cl2N4O2. The minimum absolute atomic E-state index is 0.304. The Balaban J connectivity index is 1.78. The quantitative estimate of drug-likeness (QED) is 0.469. The number of hydrazone groups is 1. The predicted molar refractivity (Wildman–Crippen MR) is 92.9 cm³/mol. The first-order chi connectivity index (χ1) is 11.6. The fourth-order valence-corrected chi connectivity index (χ4v) is 2.25. The van der Waals surface area contributed by atoms with Crippen LogP contribution in [0.4, 0.5) is 0 Å². The number of carbonyl (C=O) groups excluding carboxylic acids is 2. The van der Waals surface area contributed by atoms with Gasteiger partial charge in [0, 0.05) is 24.5 Å². The molecule has 0 aliphatic carbocycles. The number of hydrogen-bond acceptors (Lipinski definition) is 4. The Labute approximate surface area is 148 Å². The van der Waals surface area contributed by atoms with Crippen LogP contribution in [0.2, 0.25) is 10.0 Å². The first-order valence-corrected chi connectivity index (χ1v) is 7.73. The van der Waals surface area contributed by atoms with Gasteiger partial charge < -0.3 is 5.32 Å². The van der Waals surface area contributed by atoms with Gasteiger partial charge in [-0.3, -0.25) is 14.6 Å². The molecular weight excluding hydrogens is 351 g/mol. The van der Waals surface area contributed by atoms with E-state index >= 15 is 0 Å². The van der Waals surface area contributed by atoms with Gasteiger partial charge in [0.05, 0.1) is 16.3 Å². The molecule has 124 valence electrons. The van der Waals surface area contributed by atoms with E-state index in [-0.39, 0.29) is 6.42 Å². The number of aromatic nitrogens is 1. The van der Waals surface area contributed by atoms with Gasteiger partial charge in [-0.15, -0.1) is 0 Å². The molecule has 0 bridgehead atoms. The Kier molecular flexibility index (Phi) is 6.72. The topological polar surface area (TPSA) is 83.5 Å². The molecule has 0 radical (unpaired) electrons. The van der Waals surface area contributed by atoms with Crippen molar-refractivity contribution in [2.24, 2.45) is 5.10 Å². The lowest BCUT2D eigenvalue weighted by molar-refractivity contribution is -0.129. The standard InChI is InChI=1S/C16H14Cl2N4O2/c17-13-4-1-5-14(18)12(13)10-21-22-16(24)7-15(23)20-9-11-3-2-6-19-8-11/h1-6,8,10H,7,9H2,(H,20,23)(H,22,24)/b21-10-. The van der Waals surface area contributed by atoms with E-state index in [4.69, 9.17) is 23.2 Å². The molecule has 2 aromatic rings. The second-order valence-corrected chi connectivity index (χ2v) is 5.56. The summed E-state index contributed by atoms with van der Waals surface area (Å²) >= 11 is 11.9. The van der Waals surface area contributed by atoms with Crippen molar-refractivity contribution in [1.29, 1.82) is 0 Å². The van der Waals surface area contributed by atoms with Crippen molar-refractivity contribution in [3.05, 3.63) is 63.9 Å². The van der Waals surface area contributed by atoms with Crippen LogP contribution in [0, 0.1) is 0 Å². The molecule has 2 amide bonds. The Morgan fingerprint density at radius 2 is 1.88 bits per heavy atom. The average Bonchev–Trinajstić information content (AvgIpc) is 2.56. The molecule has 2 N–H and O–H groups in total. The van der Waals surface area contributed by atoms with Gasteiger partial charge in [0.2, 0.25) is 11.8 Å². The molecule has 1 aromatic carbocycles. The average molecular weight is 365 g/mol. The van der Waals surface area contributed by atoms with Gasteiger partial charge in [0.25, 0.3) is 0 Å². The van der Waals surface area contributed by atoms with Gasteiger partial charge in [0.1, 0.15) is 6.42 Å². The highest BCUT2D eigenvalue weighted by atomic mass is 35.5. The molecule has 0 fully saturated rings. The van der Waals surface area contributed by atoms with Gasteiger partial charge in [-0.05, 0) is 23.8 Å². The maximum absolute atomic E-state index is 11.7. The zero-order chi connectivity index (χ0) is 17.4. The van der Waals surface area contributed by atoms with Crippen molar-refractivity contribution in [2.75, 3.05) is 0 Å². The lowest BCUT2D eigenvalue weighted by atomic mass is 10.2. The van der Waals surface area contributed by atoms with Crippen LogP contribution in [0.1, 0.15) is 17.5 Å². The molecule has 0 aliphatic heterocycles.